The number of anilines is 1. The Bertz CT molecular complexity index is 702. The maximum atomic E-state index is 13.2. The van der Waals surface area contributed by atoms with E-state index >= 15 is 0 Å². The average Bonchev–Trinajstić information content (AvgIpc) is 2.66. The van der Waals surface area contributed by atoms with E-state index in [1.54, 1.807) is 0 Å². The van der Waals surface area contributed by atoms with Crippen LogP contribution in [0.3, 0.4) is 0 Å². The predicted molar refractivity (Wildman–Crippen MR) is 113 cm³/mol. The van der Waals surface area contributed by atoms with Gasteiger partial charge in [0, 0.05) is 37.4 Å². The third-order valence-electron chi connectivity index (χ3n) is 8.03. The van der Waals surface area contributed by atoms with Gasteiger partial charge in [0.1, 0.15) is 0 Å². The maximum absolute atomic E-state index is 13.2. The second-order valence-corrected chi connectivity index (χ2v) is 10.2. The fourth-order valence-electron chi connectivity index (χ4n) is 6.99. The van der Waals surface area contributed by atoms with Crippen LogP contribution in [0.4, 0.5) is 5.69 Å². The Hall–Kier alpha value is -1.55. The molecule has 4 heteroatoms. The first-order valence-electron chi connectivity index (χ1n) is 11.4. The van der Waals surface area contributed by atoms with Gasteiger partial charge in [-0.1, -0.05) is 12.1 Å². The molecular weight excluding hydrogens is 346 g/mol. The van der Waals surface area contributed by atoms with Gasteiger partial charge in [0.2, 0.25) is 5.91 Å². The Balaban J connectivity index is 1.18. The first kappa shape index (κ1) is 18.5. The average molecular weight is 382 g/mol. The van der Waals surface area contributed by atoms with Crippen LogP contribution in [-0.4, -0.2) is 48.6 Å². The van der Waals surface area contributed by atoms with Crippen LogP contribution in [0.5, 0.6) is 0 Å². The summed E-state index contributed by atoms with van der Waals surface area (Å²) in [5.41, 5.74) is 2.75. The summed E-state index contributed by atoms with van der Waals surface area (Å²) in [6, 6.07) is 8.73. The van der Waals surface area contributed by atoms with Crippen LogP contribution in [0.2, 0.25) is 0 Å². The Morgan fingerprint density at radius 3 is 2.21 bits per heavy atom. The molecule has 1 amide bonds. The molecule has 5 aliphatic rings. The maximum Gasteiger partial charge on any atom is 0.237 e. The number of rotatable bonds is 4. The van der Waals surface area contributed by atoms with E-state index in [-0.39, 0.29) is 17.5 Å². The van der Waals surface area contributed by atoms with Crippen LogP contribution in [0, 0.1) is 24.7 Å². The van der Waals surface area contributed by atoms with Crippen LogP contribution < -0.4 is 10.2 Å². The molecule has 0 spiro atoms. The zero-order chi connectivity index (χ0) is 19.3. The van der Waals surface area contributed by atoms with Crippen LogP contribution in [-0.2, 0) is 4.79 Å². The zero-order valence-corrected chi connectivity index (χ0v) is 17.5. The molecule has 1 N–H and O–H groups in total. The summed E-state index contributed by atoms with van der Waals surface area (Å²) in [4.78, 5) is 18.0. The van der Waals surface area contributed by atoms with Crippen molar-refractivity contribution < 1.29 is 4.79 Å². The fourth-order valence-corrected chi connectivity index (χ4v) is 6.99. The van der Waals surface area contributed by atoms with Gasteiger partial charge in [-0.25, -0.2) is 0 Å². The molecule has 0 aromatic heterocycles. The molecule has 5 fully saturated rings. The van der Waals surface area contributed by atoms with Gasteiger partial charge in [-0.05, 0) is 87.8 Å². The van der Waals surface area contributed by atoms with Gasteiger partial charge in [0.15, 0.2) is 0 Å². The Morgan fingerprint density at radius 2 is 1.64 bits per heavy atom. The highest BCUT2D eigenvalue weighted by Crippen LogP contribution is 2.55. The van der Waals surface area contributed by atoms with Crippen LogP contribution in [0.15, 0.2) is 24.3 Å². The SMILES string of the molecule is Cc1cccc(N2CCN(C(C)C(=O)NC34CC5CC(CC(C5)C3)C4)CC2)c1. The number of nitrogens with zero attached hydrogens (tertiary/aromatic N) is 2. The van der Waals surface area contributed by atoms with E-state index in [0.717, 1.165) is 43.9 Å². The normalized spacial score (nSPS) is 35.8. The van der Waals surface area contributed by atoms with Gasteiger partial charge < -0.3 is 10.2 Å². The molecule has 4 aliphatic carbocycles. The Kier molecular flexibility index (Phi) is 4.65. The van der Waals surface area contributed by atoms with E-state index in [9.17, 15) is 4.79 Å². The largest absolute Gasteiger partial charge is 0.369 e. The first-order valence-corrected chi connectivity index (χ1v) is 11.4. The summed E-state index contributed by atoms with van der Waals surface area (Å²) in [6.07, 6.45) is 7.97. The van der Waals surface area contributed by atoms with Crippen molar-refractivity contribution in [3.8, 4) is 0 Å². The van der Waals surface area contributed by atoms with Crippen LogP contribution in [0.1, 0.15) is 51.0 Å². The van der Waals surface area contributed by atoms with E-state index in [1.807, 2.05) is 0 Å². The molecule has 1 saturated heterocycles. The van der Waals surface area contributed by atoms with Crippen molar-refractivity contribution >= 4 is 11.6 Å². The van der Waals surface area contributed by atoms with Gasteiger partial charge in [-0.2, -0.15) is 0 Å². The summed E-state index contributed by atoms with van der Waals surface area (Å²) < 4.78 is 0. The summed E-state index contributed by atoms with van der Waals surface area (Å²) in [5.74, 6) is 2.89. The number of hydrogen-bond acceptors (Lipinski definition) is 3. The topological polar surface area (TPSA) is 35.6 Å². The number of nitrogens with one attached hydrogen (secondary N) is 1. The summed E-state index contributed by atoms with van der Waals surface area (Å²) in [5, 5.41) is 3.58. The molecular formula is C24H35N3O. The van der Waals surface area contributed by atoms with Crippen molar-refractivity contribution in [2.75, 3.05) is 31.1 Å². The number of piperazine rings is 1. The minimum absolute atomic E-state index is 0.0207. The van der Waals surface area contributed by atoms with Crippen LogP contribution >= 0.6 is 0 Å². The molecule has 0 radical (unpaired) electrons. The highest BCUT2D eigenvalue weighted by atomic mass is 16.2. The number of benzene rings is 1. The number of aryl methyl sites for hydroxylation is 1. The number of carbonyl (C=O) groups is 1. The lowest BCUT2D eigenvalue weighted by Gasteiger charge is -2.57. The van der Waals surface area contributed by atoms with Gasteiger partial charge in [-0.15, -0.1) is 0 Å². The predicted octanol–water partition coefficient (Wildman–Crippen LogP) is 3.59. The fraction of sp³-hybridized carbons (Fsp3) is 0.708. The monoisotopic (exact) mass is 381 g/mol. The minimum Gasteiger partial charge on any atom is -0.369 e. The highest BCUT2D eigenvalue weighted by molar-refractivity contribution is 5.82. The highest BCUT2D eigenvalue weighted by Gasteiger charge is 2.51. The second-order valence-electron chi connectivity index (χ2n) is 10.2. The molecule has 4 saturated carbocycles. The summed E-state index contributed by atoms with van der Waals surface area (Å²) in [7, 11) is 0. The molecule has 152 valence electrons. The number of carbonyl (C=O) groups excluding carboxylic acids is 1. The third kappa shape index (κ3) is 3.45. The number of amides is 1. The molecule has 6 rings (SSSR count). The minimum atomic E-state index is -0.0207. The zero-order valence-electron chi connectivity index (χ0n) is 17.5. The van der Waals surface area contributed by atoms with Crippen molar-refractivity contribution in [2.45, 2.75) is 64.0 Å². The van der Waals surface area contributed by atoms with E-state index in [2.05, 4.69) is 53.2 Å². The van der Waals surface area contributed by atoms with E-state index in [1.165, 1.54) is 49.8 Å². The molecule has 4 nitrogen and oxygen atoms in total. The van der Waals surface area contributed by atoms with E-state index < -0.39 is 0 Å². The molecule has 28 heavy (non-hydrogen) atoms. The lowest BCUT2D eigenvalue weighted by molar-refractivity contribution is -0.131. The molecule has 4 bridgehead atoms. The Morgan fingerprint density at radius 1 is 1.04 bits per heavy atom. The van der Waals surface area contributed by atoms with Crippen molar-refractivity contribution in [1.82, 2.24) is 10.2 Å². The molecule has 1 aromatic carbocycles. The van der Waals surface area contributed by atoms with Crippen molar-refractivity contribution in [1.29, 1.82) is 0 Å². The lowest BCUT2D eigenvalue weighted by atomic mass is 9.53. The van der Waals surface area contributed by atoms with Crippen molar-refractivity contribution in [3.63, 3.8) is 0 Å². The first-order chi connectivity index (χ1) is 13.5. The quantitative estimate of drug-likeness (QED) is 0.866. The molecule has 1 heterocycles. The van der Waals surface area contributed by atoms with Gasteiger partial charge in [0.05, 0.1) is 6.04 Å². The van der Waals surface area contributed by atoms with E-state index in [0.29, 0.717) is 0 Å². The Labute approximate surface area is 169 Å². The molecule has 1 aromatic rings. The molecule has 1 atom stereocenters. The van der Waals surface area contributed by atoms with Gasteiger partial charge in [-0.3, -0.25) is 9.69 Å². The van der Waals surface area contributed by atoms with Crippen molar-refractivity contribution in [3.05, 3.63) is 29.8 Å². The lowest BCUT2D eigenvalue weighted by Crippen LogP contribution is -2.63. The van der Waals surface area contributed by atoms with Gasteiger partial charge in [0.25, 0.3) is 0 Å². The summed E-state index contributed by atoms with van der Waals surface area (Å²) in [6.45, 7) is 8.18. The number of hydrogen-bond donors (Lipinski definition) is 1. The van der Waals surface area contributed by atoms with E-state index in [4.69, 9.17) is 0 Å². The summed E-state index contributed by atoms with van der Waals surface area (Å²) >= 11 is 0. The molecule has 1 aliphatic heterocycles. The third-order valence-corrected chi connectivity index (χ3v) is 8.03. The standard InChI is InChI=1S/C24H35N3O/c1-17-4-3-5-22(10-17)27-8-6-26(7-9-27)18(2)23(28)25-24-14-19-11-20(15-24)13-21(12-19)16-24/h3-5,10,18-21H,6-9,11-16H2,1-2H3,(H,25,28). The van der Waals surface area contributed by atoms with Crippen LogP contribution in [0.25, 0.3) is 0 Å². The smallest absolute Gasteiger partial charge is 0.237 e. The second kappa shape index (κ2) is 7.05. The van der Waals surface area contributed by atoms with Crippen molar-refractivity contribution in [2.24, 2.45) is 17.8 Å². The molecule has 1 unspecified atom stereocenters. The van der Waals surface area contributed by atoms with Gasteiger partial charge >= 0.3 is 0 Å².